The minimum Gasteiger partial charge on any atom is -0.468 e. The van der Waals surface area contributed by atoms with Crippen LogP contribution in [0.4, 0.5) is 5.69 Å². The fourth-order valence-corrected chi connectivity index (χ4v) is 3.69. The van der Waals surface area contributed by atoms with E-state index in [4.69, 9.17) is 0 Å². The van der Waals surface area contributed by atoms with Crippen LogP contribution in [0.2, 0.25) is 0 Å². The Morgan fingerprint density at radius 1 is 0.931 bits per heavy atom. The van der Waals surface area contributed by atoms with Crippen molar-refractivity contribution >= 4 is 33.6 Å². The molecule has 29 heavy (non-hydrogen) atoms. The molecule has 2 aromatic carbocycles. The lowest BCUT2D eigenvalue weighted by Crippen LogP contribution is -2.30. The molecule has 0 unspecified atom stereocenters. The van der Waals surface area contributed by atoms with E-state index in [-0.39, 0.29) is 28.3 Å². The highest BCUT2D eigenvalue weighted by Crippen LogP contribution is 2.21. The van der Waals surface area contributed by atoms with Gasteiger partial charge in [-0.3, -0.25) is 14.3 Å². The predicted molar refractivity (Wildman–Crippen MR) is 104 cm³/mol. The number of amides is 1. The van der Waals surface area contributed by atoms with E-state index >= 15 is 0 Å². The zero-order valence-corrected chi connectivity index (χ0v) is 16.8. The van der Waals surface area contributed by atoms with E-state index in [0.29, 0.717) is 5.56 Å². The van der Waals surface area contributed by atoms with Crippen LogP contribution in [-0.2, 0) is 24.3 Å². The Morgan fingerprint density at radius 2 is 1.55 bits per heavy atom. The van der Waals surface area contributed by atoms with Gasteiger partial charge in [0, 0.05) is 11.3 Å². The summed E-state index contributed by atoms with van der Waals surface area (Å²) < 4.78 is 36.9. The molecule has 0 atom stereocenters. The molecule has 0 radical (unpaired) electrons. The van der Waals surface area contributed by atoms with Crippen LogP contribution in [0.25, 0.3) is 0 Å². The fourth-order valence-electron chi connectivity index (χ4n) is 2.36. The number of ether oxygens (including phenoxy) is 2. The van der Waals surface area contributed by atoms with Crippen LogP contribution < -0.4 is 10.0 Å². The lowest BCUT2D eigenvalue weighted by molar-refractivity contribution is -0.139. The van der Waals surface area contributed by atoms with E-state index in [9.17, 15) is 22.8 Å². The number of methoxy groups -OCH3 is 2. The van der Waals surface area contributed by atoms with Crippen molar-refractivity contribution in [1.82, 2.24) is 5.32 Å². The largest absolute Gasteiger partial charge is 0.468 e. The van der Waals surface area contributed by atoms with Gasteiger partial charge < -0.3 is 14.8 Å². The summed E-state index contributed by atoms with van der Waals surface area (Å²) in [5.41, 5.74) is 1.01. The first-order valence-electron chi connectivity index (χ1n) is 8.35. The maximum atomic E-state index is 12.7. The van der Waals surface area contributed by atoms with Gasteiger partial charge in [-0.1, -0.05) is 6.07 Å². The molecule has 154 valence electrons. The molecule has 1 amide bonds. The highest BCUT2D eigenvalue weighted by molar-refractivity contribution is 7.92. The number of hydrogen-bond acceptors (Lipinski definition) is 7. The maximum absolute atomic E-state index is 12.7. The molecule has 0 aliphatic rings. The molecule has 0 aliphatic heterocycles. The summed E-state index contributed by atoms with van der Waals surface area (Å²) in [5, 5.41) is 2.38. The second-order valence-corrected chi connectivity index (χ2v) is 7.56. The van der Waals surface area contributed by atoms with Gasteiger partial charge in [-0.2, -0.15) is 0 Å². The van der Waals surface area contributed by atoms with E-state index < -0.39 is 27.9 Å². The van der Waals surface area contributed by atoms with E-state index in [2.05, 4.69) is 19.5 Å². The fraction of sp³-hybridized carbons (Fsp3) is 0.211. The third-order valence-corrected chi connectivity index (χ3v) is 5.44. The van der Waals surface area contributed by atoms with Gasteiger partial charge in [-0.25, -0.2) is 13.2 Å². The van der Waals surface area contributed by atoms with Crippen LogP contribution >= 0.6 is 0 Å². The Bertz CT molecular complexity index is 1030. The van der Waals surface area contributed by atoms with Gasteiger partial charge in [0.05, 0.1) is 24.7 Å². The lowest BCUT2D eigenvalue weighted by atomic mass is 10.1. The first-order chi connectivity index (χ1) is 13.7. The summed E-state index contributed by atoms with van der Waals surface area (Å²) in [5.74, 6) is -1.75. The van der Waals surface area contributed by atoms with Crippen LogP contribution in [0.1, 0.15) is 26.3 Å². The topological polar surface area (TPSA) is 128 Å². The highest BCUT2D eigenvalue weighted by Gasteiger charge is 2.20. The third-order valence-electron chi connectivity index (χ3n) is 3.92. The molecule has 0 fully saturated rings. The van der Waals surface area contributed by atoms with Crippen LogP contribution in [0.5, 0.6) is 0 Å². The minimum absolute atomic E-state index is 0.0692. The van der Waals surface area contributed by atoms with Crippen molar-refractivity contribution in [1.29, 1.82) is 0 Å². The number of rotatable bonds is 7. The molecule has 9 nitrogen and oxygen atoms in total. The Kier molecular flexibility index (Phi) is 6.94. The molecule has 10 heteroatoms. The van der Waals surface area contributed by atoms with E-state index in [1.807, 2.05) is 0 Å². The van der Waals surface area contributed by atoms with E-state index in [1.165, 1.54) is 56.7 Å². The van der Waals surface area contributed by atoms with Crippen molar-refractivity contribution in [2.75, 3.05) is 25.5 Å². The normalized spacial score (nSPS) is 10.7. The summed E-state index contributed by atoms with van der Waals surface area (Å²) in [4.78, 5) is 34.6. The standard InChI is InChI=1S/C19H20N2O7S/c1-12-4-5-14(19(24)28-3)10-16(12)29(25,26)21-15-8-6-13(7-9-15)18(23)20-11-17(22)27-2/h4-10,21H,11H2,1-3H3,(H,20,23). The van der Waals surface area contributed by atoms with Gasteiger partial charge >= 0.3 is 11.9 Å². The number of hydrogen-bond donors (Lipinski definition) is 2. The lowest BCUT2D eigenvalue weighted by Gasteiger charge is -2.12. The maximum Gasteiger partial charge on any atom is 0.337 e. The molecule has 2 N–H and O–H groups in total. The van der Waals surface area contributed by atoms with Gasteiger partial charge in [0.15, 0.2) is 0 Å². The molecule has 0 spiro atoms. The number of sulfonamides is 1. The van der Waals surface area contributed by atoms with Gasteiger partial charge in [0.25, 0.3) is 15.9 Å². The first-order valence-corrected chi connectivity index (χ1v) is 9.83. The summed E-state index contributed by atoms with van der Waals surface area (Å²) in [6.45, 7) is 1.32. The number of benzene rings is 2. The summed E-state index contributed by atoms with van der Waals surface area (Å²) >= 11 is 0. The van der Waals surface area contributed by atoms with Crippen molar-refractivity contribution in [3.63, 3.8) is 0 Å². The molecule has 0 aliphatic carbocycles. The van der Waals surface area contributed by atoms with E-state index in [1.54, 1.807) is 6.92 Å². The van der Waals surface area contributed by atoms with Gasteiger partial charge in [-0.05, 0) is 48.9 Å². The SMILES string of the molecule is COC(=O)CNC(=O)c1ccc(NS(=O)(=O)c2cc(C(=O)OC)ccc2C)cc1. The summed E-state index contributed by atoms with van der Waals surface area (Å²) in [7, 11) is -1.57. The smallest absolute Gasteiger partial charge is 0.337 e. The molecule has 2 aromatic rings. The number of anilines is 1. The van der Waals surface area contributed by atoms with Crippen molar-refractivity contribution in [2.45, 2.75) is 11.8 Å². The summed E-state index contributed by atoms with van der Waals surface area (Å²) in [6, 6.07) is 9.84. The molecule has 2 rings (SSSR count). The average Bonchev–Trinajstić information content (AvgIpc) is 2.71. The van der Waals surface area contributed by atoms with Crippen LogP contribution in [0, 0.1) is 6.92 Å². The molecule has 0 saturated carbocycles. The number of esters is 2. The molecular weight excluding hydrogens is 400 g/mol. The van der Waals surface area contributed by atoms with E-state index in [0.717, 1.165) is 0 Å². The highest BCUT2D eigenvalue weighted by atomic mass is 32.2. The Balaban J connectivity index is 2.18. The number of carbonyl (C=O) groups excluding carboxylic acids is 3. The second kappa shape index (κ2) is 9.20. The molecule has 0 bridgehead atoms. The van der Waals surface area contributed by atoms with Crippen molar-refractivity contribution in [3.8, 4) is 0 Å². The van der Waals surface area contributed by atoms with Crippen LogP contribution in [0.3, 0.4) is 0 Å². The number of nitrogens with one attached hydrogen (secondary N) is 2. The molecule has 0 aromatic heterocycles. The average molecular weight is 420 g/mol. The van der Waals surface area contributed by atoms with Gasteiger partial charge in [0.2, 0.25) is 0 Å². The Hall–Kier alpha value is -3.40. The minimum atomic E-state index is -3.99. The zero-order chi connectivity index (χ0) is 21.6. The molecule has 0 heterocycles. The van der Waals surface area contributed by atoms with Crippen molar-refractivity contribution in [2.24, 2.45) is 0 Å². The molecular formula is C19H20N2O7S. The number of aryl methyl sites for hydroxylation is 1. The third kappa shape index (κ3) is 5.55. The van der Waals surface area contributed by atoms with Gasteiger partial charge in [0.1, 0.15) is 6.54 Å². The predicted octanol–water partition coefficient (Wildman–Crippen LogP) is 1.49. The molecule has 0 saturated heterocycles. The van der Waals surface area contributed by atoms with Crippen molar-refractivity contribution in [3.05, 3.63) is 59.2 Å². The summed E-state index contributed by atoms with van der Waals surface area (Å²) in [6.07, 6.45) is 0. The monoisotopic (exact) mass is 420 g/mol. The van der Waals surface area contributed by atoms with Gasteiger partial charge in [-0.15, -0.1) is 0 Å². The zero-order valence-electron chi connectivity index (χ0n) is 16.0. The first kappa shape index (κ1) is 21.9. The quantitative estimate of drug-likeness (QED) is 0.650. The second-order valence-electron chi connectivity index (χ2n) is 5.91. The Labute approximate surface area is 168 Å². The van der Waals surface area contributed by atoms with Crippen molar-refractivity contribution < 1.29 is 32.3 Å². The Morgan fingerprint density at radius 3 is 2.14 bits per heavy atom. The number of carbonyl (C=O) groups is 3. The van der Waals surface area contributed by atoms with Crippen LogP contribution in [-0.4, -0.2) is 47.0 Å². The van der Waals surface area contributed by atoms with Crippen LogP contribution in [0.15, 0.2) is 47.4 Å².